The van der Waals surface area contributed by atoms with E-state index in [1.165, 1.54) is 5.56 Å². The van der Waals surface area contributed by atoms with Crippen LogP contribution >= 0.6 is 0 Å². The maximum absolute atomic E-state index is 12.6. The summed E-state index contributed by atoms with van der Waals surface area (Å²) in [4.78, 5) is 29.4. The second-order valence-electron chi connectivity index (χ2n) is 6.36. The Bertz CT molecular complexity index is 975. The van der Waals surface area contributed by atoms with E-state index in [9.17, 15) is 9.59 Å². The number of rotatable bonds is 6. The van der Waals surface area contributed by atoms with Crippen LogP contribution in [-0.2, 0) is 24.3 Å². The number of para-hydroxylation sites is 1. The standard InChI is InChI=1S/C21H23N3O2/c1-3-24-19(23-18-7-5-4-6-17(18)21(24)26)12-13-20(25)22-14-16-10-8-15(2)9-11-16/h4-11H,3,12-14H2,1-2H3,(H,22,25). The zero-order valence-corrected chi connectivity index (χ0v) is 15.2. The molecule has 0 aliphatic rings. The minimum absolute atomic E-state index is 0.0457. The number of hydrogen-bond donors (Lipinski definition) is 1. The highest BCUT2D eigenvalue weighted by atomic mass is 16.1. The Kier molecular flexibility index (Phi) is 5.46. The molecule has 1 N–H and O–H groups in total. The molecule has 0 radical (unpaired) electrons. The summed E-state index contributed by atoms with van der Waals surface area (Å²) in [6.07, 6.45) is 0.740. The lowest BCUT2D eigenvalue weighted by molar-refractivity contribution is -0.121. The number of amides is 1. The minimum atomic E-state index is -0.0480. The molecular formula is C21H23N3O2. The molecule has 3 rings (SSSR count). The lowest BCUT2D eigenvalue weighted by atomic mass is 10.1. The summed E-state index contributed by atoms with van der Waals surface area (Å²) in [5.74, 6) is 0.609. The van der Waals surface area contributed by atoms with Gasteiger partial charge in [-0.15, -0.1) is 0 Å². The van der Waals surface area contributed by atoms with Gasteiger partial charge in [-0.3, -0.25) is 14.2 Å². The van der Waals surface area contributed by atoms with E-state index in [1.54, 1.807) is 10.6 Å². The van der Waals surface area contributed by atoms with Crippen molar-refractivity contribution in [2.24, 2.45) is 0 Å². The van der Waals surface area contributed by atoms with Crippen LogP contribution in [0.1, 0.15) is 30.3 Å². The predicted octanol–water partition coefficient (Wildman–Crippen LogP) is 2.97. The quantitative estimate of drug-likeness (QED) is 0.744. The summed E-state index contributed by atoms with van der Waals surface area (Å²) in [6.45, 7) is 4.99. The molecule has 0 saturated carbocycles. The van der Waals surface area contributed by atoms with E-state index < -0.39 is 0 Å². The second kappa shape index (κ2) is 7.95. The van der Waals surface area contributed by atoms with Crippen molar-refractivity contribution in [2.45, 2.75) is 39.8 Å². The van der Waals surface area contributed by atoms with Crippen molar-refractivity contribution in [3.63, 3.8) is 0 Å². The average molecular weight is 349 g/mol. The van der Waals surface area contributed by atoms with Crippen LogP contribution < -0.4 is 10.9 Å². The van der Waals surface area contributed by atoms with Crippen LogP contribution in [0, 0.1) is 6.92 Å². The fraction of sp³-hybridized carbons (Fsp3) is 0.286. The number of aromatic nitrogens is 2. The van der Waals surface area contributed by atoms with E-state index in [-0.39, 0.29) is 11.5 Å². The second-order valence-corrected chi connectivity index (χ2v) is 6.36. The molecule has 0 bridgehead atoms. The summed E-state index contributed by atoms with van der Waals surface area (Å²) in [6, 6.07) is 15.4. The lowest BCUT2D eigenvalue weighted by Gasteiger charge is -2.12. The van der Waals surface area contributed by atoms with Crippen LogP contribution in [0.2, 0.25) is 0 Å². The van der Waals surface area contributed by atoms with E-state index in [2.05, 4.69) is 10.3 Å². The van der Waals surface area contributed by atoms with Gasteiger partial charge in [-0.05, 0) is 31.5 Å². The molecule has 0 fully saturated rings. The monoisotopic (exact) mass is 349 g/mol. The Morgan fingerprint density at radius 1 is 1.12 bits per heavy atom. The third-order valence-electron chi connectivity index (χ3n) is 4.44. The van der Waals surface area contributed by atoms with Gasteiger partial charge >= 0.3 is 0 Å². The highest BCUT2D eigenvalue weighted by Gasteiger charge is 2.11. The van der Waals surface area contributed by atoms with Gasteiger partial charge in [0, 0.05) is 25.9 Å². The first-order chi connectivity index (χ1) is 12.6. The van der Waals surface area contributed by atoms with Crippen LogP contribution in [0.4, 0.5) is 0 Å². The van der Waals surface area contributed by atoms with Gasteiger partial charge in [-0.1, -0.05) is 42.0 Å². The molecule has 26 heavy (non-hydrogen) atoms. The largest absolute Gasteiger partial charge is 0.352 e. The lowest BCUT2D eigenvalue weighted by Crippen LogP contribution is -2.27. The number of aryl methyl sites for hydroxylation is 2. The van der Waals surface area contributed by atoms with Crippen molar-refractivity contribution in [3.8, 4) is 0 Å². The molecule has 1 heterocycles. The van der Waals surface area contributed by atoms with Crippen molar-refractivity contribution in [2.75, 3.05) is 0 Å². The summed E-state index contributed by atoms with van der Waals surface area (Å²) in [5.41, 5.74) is 2.89. The summed E-state index contributed by atoms with van der Waals surface area (Å²) < 4.78 is 1.65. The molecule has 5 nitrogen and oxygen atoms in total. The van der Waals surface area contributed by atoms with Gasteiger partial charge in [-0.2, -0.15) is 0 Å². The predicted molar refractivity (Wildman–Crippen MR) is 103 cm³/mol. The van der Waals surface area contributed by atoms with Crippen molar-refractivity contribution in [1.82, 2.24) is 14.9 Å². The summed E-state index contributed by atoms with van der Waals surface area (Å²) >= 11 is 0. The van der Waals surface area contributed by atoms with Gasteiger partial charge in [-0.25, -0.2) is 4.98 Å². The molecule has 0 saturated heterocycles. The van der Waals surface area contributed by atoms with Crippen LogP contribution in [-0.4, -0.2) is 15.5 Å². The first-order valence-corrected chi connectivity index (χ1v) is 8.89. The van der Waals surface area contributed by atoms with Crippen LogP contribution in [0.25, 0.3) is 10.9 Å². The number of fused-ring (bicyclic) bond motifs is 1. The van der Waals surface area contributed by atoms with Gasteiger partial charge in [0.15, 0.2) is 0 Å². The fourth-order valence-electron chi connectivity index (χ4n) is 2.95. The SMILES string of the molecule is CCn1c(CCC(=O)NCc2ccc(C)cc2)nc2ccccc2c1=O. The van der Waals surface area contributed by atoms with Crippen LogP contribution in [0.5, 0.6) is 0 Å². The Hall–Kier alpha value is -2.95. The van der Waals surface area contributed by atoms with Crippen molar-refractivity contribution in [1.29, 1.82) is 0 Å². The van der Waals surface area contributed by atoms with Crippen molar-refractivity contribution in [3.05, 3.63) is 75.8 Å². The normalized spacial score (nSPS) is 10.8. The van der Waals surface area contributed by atoms with Gasteiger partial charge in [0.25, 0.3) is 5.56 Å². The van der Waals surface area contributed by atoms with E-state index in [4.69, 9.17) is 0 Å². The van der Waals surface area contributed by atoms with E-state index in [1.807, 2.05) is 56.3 Å². The third-order valence-corrected chi connectivity index (χ3v) is 4.44. The molecule has 2 aromatic carbocycles. The molecule has 0 atom stereocenters. The number of hydrogen-bond acceptors (Lipinski definition) is 3. The number of nitrogens with one attached hydrogen (secondary N) is 1. The Labute approximate surface area is 152 Å². The molecular weight excluding hydrogens is 326 g/mol. The maximum atomic E-state index is 12.6. The maximum Gasteiger partial charge on any atom is 0.261 e. The topological polar surface area (TPSA) is 64.0 Å². The van der Waals surface area contributed by atoms with Gasteiger partial charge in [0.2, 0.25) is 5.91 Å². The Balaban J connectivity index is 1.68. The molecule has 0 unspecified atom stereocenters. The first-order valence-electron chi connectivity index (χ1n) is 8.89. The zero-order chi connectivity index (χ0) is 18.5. The third kappa shape index (κ3) is 3.99. The van der Waals surface area contributed by atoms with Gasteiger partial charge < -0.3 is 5.32 Å². The van der Waals surface area contributed by atoms with Crippen molar-refractivity contribution >= 4 is 16.8 Å². The molecule has 1 amide bonds. The summed E-state index contributed by atoms with van der Waals surface area (Å²) in [7, 11) is 0. The molecule has 3 aromatic rings. The fourth-order valence-corrected chi connectivity index (χ4v) is 2.95. The molecule has 5 heteroatoms. The Morgan fingerprint density at radius 2 is 1.85 bits per heavy atom. The summed E-state index contributed by atoms with van der Waals surface area (Å²) in [5, 5.41) is 3.54. The van der Waals surface area contributed by atoms with E-state index >= 15 is 0 Å². The number of carbonyl (C=O) groups excluding carboxylic acids is 1. The van der Waals surface area contributed by atoms with Crippen LogP contribution in [0.3, 0.4) is 0 Å². The molecule has 1 aromatic heterocycles. The first kappa shape index (κ1) is 17.9. The molecule has 0 aliphatic heterocycles. The highest BCUT2D eigenvalue weighted by molar-refractivity contribution is 5.78. The van der Waals surface area contributed by atoms with Crippen LogP contribution in [0.15, 0.2) is 53.3 Å². The van der Waals surface area contributed by atoms with E-state index in [0.717, 1.165) is 5.56 Å². The number of carbonyl (C=O) groups is 1. The van der Waals surface area contributed by atoms with E-state index in [0.29, 0.717) is 42.7 Å². The van der Waals surface area contributed by atoms with Crippen molar-refractivity contribution < 1.29 is 4.79 Å². The Morgan fingerprint density at radius 3 is 2.58 bits per heavy atom. The zero-order valence-electron chi connectivity index (χ0n) is 15.2. The average Bonchev–Trinajstić information content (AvgIpc) is 2.66. The molecule has 0 aliphatic carbocycles. The number of nitrogens with zero attached hydrogens (tertiary/aromatic N) is 2. The smallest absolute Gasteiger partial charge is 0.261 e. The van der Waals surface area contributed by atoms with Gasteiger partial charge in [0.1, 0.15) is 5.82 Å². The molecule has 134 valence electrons. The van der Waals surface area contributed by atoms with Gasteiger partial charge in [0.05, 0.1) is 10.9 Å². The number of benzene rings is 2. The highest BCUT2D eigenvalue weighted by Crippen LogP contribution is 2.09. The molecule has 0 spiro atoms. The minimum Gasteiger partial charge on any atom is -0.352 e.